The lowest BCUT2D eigenvalue weighted by Crippen LogP contribution is -2.43. The van der Waals surface area contributed by atoms with Crippen molar-refractivity contribution in [3.05, 3.63) is 6.92 Å². The second-order valence-corrected chi connectivity index (χ2v) is 2.38. The number of hydrogen-bond donors (Lipinski definition) is 1. The van der Waals surface area contributed by atoms with Gasteiger partial charge in [-0.05, 0) is 0 Å². The van der Waals surface area contributed by atoms with E-state index in [-0.39, 0.29) is 0 Å². The Morgan fingerprint density at radius 2 is 2.10 bits per heavy atom. The van der Waals surface area contributed by atoms with Crippen LogP contribution in [0.15, 0.2) is 0 Å². The predicted molar refractivity (Wildman–Crippen MR) is 42.4 cm³/mol. The van der Waals surface area contributed by atoms with Gasteiger partial charge in [0.25, 0.3) is 0 Å². The number of piperazine rings is 1. The summed E-state index contributed by atoms with van der Waals surface area (Å²) in [5.41, 5.74) is 0. The molecule has 0 atom stereocenters. The molecule has 1 rings (SSSR count). The van der Waals surface area contributed by atoms with Crippen molar-refractivity contribution in [2.75, 3.05) is 32.7 Å². The molecule has 0 amide bonds. The number of rotatable bonds is 1. The van der Waals surface area contributed by atoms with Gasteiger partial charge in [0.2, 0.25) is 0 Å². The molecule has 0 aromatic rings. The highest BCUT2D eigenvalue weighted by Gasteiger charge is 2.06. The topological polar surface area (TPSA) is 15.3 Å². The summed E-state index contributed by atoms with van der Waals surface area (Å²) in [4.78, 5) is 2.33. The van der Waals surface area contributed by atoms with Crippen LogP contribution in [-0.4, -0.2) is 37.6 Å². The first-order valence-electron chi connectivity index (χ1n) is 3.61. The van der Waals surface area contributed by atoms with Crippen LogP contribution in [0.1, 0.15) is 0 Å². The summed E-state index contributed by atoms with van der Waals surface area (Å²) in [5, 5.41) is 3.29. The van der Waals surface area contributed by atoms with Crippen molar-refractivity contribution in [2.24, 2.45) is 0 Å². The minimum absolute atomic E-state index is 0.880. The Hall–Kier alpha value is -0.520. The van der Waals surface area contributed by atoms with E-state index in [0.29, 0.717) is 0 Å². The first-order valence-corrected chi connectivity index (χ1v) is 3.61. The van der Waals surface area contributed by atoms with E-state index in [9.17, 15) is 0 Å². The standard InChI is InChI=1S/C8H13N2/c1-2-3-6-10-7-4-9-5-8-10/h9H,1,4-8H2. The van der Waals surface area contributed by atoms with Gasteiger partial charge in [0.15, 0.2) is 0 Å². The third kappa shape index (κ3) is 2.38. The van der Waals surface area contributed by atoms with Gasteiger partial charge in [0.05, 0.1) is 6.54 Å². The van der Waals surface area contributed by atoms with Gasteiger partial charge >= 0.3 is 0 Å². The van der Waals surface area contributed by atoms with E-state index in [2.05, 4.69) is 29.0 Å². The van der Waals surface area contributed by atoms with Gasteiger partial charge in [0, 0.05) is 33.1 Å². The van der Waals surface area contributed by atoms with Gasteiger partial charge in [-0.25, -0.2) is 0 Å². The fraction of sp³-hybridized carbons (Fsp3) is 0.625. The van der Waals surface area contributed by atoms with Gasteiger partial charge < -0.3 is 5.32 Å². The van der Waals surface area contributed by atoms with Gasteiger partial charge in [-0.1, -0.05) is 5.92 Å². The molecule has 1 aliphatic rings. The summed E-state index contributed by atoms with van der Waals surface area (Å²) in [7, 11) is 0. The Kier molecular flexibility index (Phi) is 3.28. The maximum absolute atomic E-state index is 3.47. The van der Waals surface area contributed by atoms with Gasteiger partial charge in [-0.2, -0.15) is 0 Å². The molecular weight excluding hydrogens is 124 g/mol. The van der Waals surface area contributed by atoms with E-state index in [1.165, 1.54) is 0 Å². The second-order valence-electron chi connectivity index (χ2n) is 2.38. The Labute approximate surface area is 62.6 Å². The van der Waals surface area contributed by atoms with Crippen molar-refractivity contribution in [3.63, 3.8) is 0 Å². The zero-order valence-corrected chi connectivity index (χ0v) is 6.19. The Bertz CT molecular complexity index is 137. The van der Waals surface area contributed by atoms with Crippen molar-refractivity contribution >= 4 is 0 Å². The summed E-state index contributed by atoms with van der Waals surface area (Å²) in [6.07, 6.45) is 0. The van der Waals surface area contributed by atoms with Crippen LogP contribution in [-0.2, 0) is 0 Å². The summed E-state index contributed by atoms with van der Waals surface area (Å²) < 4.78 is 0. The third-order valence-electron chi connectivity index (χ3n) is 1.64. The smallest absolute Gasteiger partial charge is 0.0602 e. The van der Waals surface area contributed by atoms with Crippen LogP contribution < -0.4 is 5.32 Å². The minimum Gasteiger partial charge on any atom is -0.314 e. The van der Waals surface area contributed by atoms with E-state index in [1.807, 2.05) is 0 Å². The molecule has 0 bridgehead atoms. The lowest BCUT2D eigenvalue weighted by molar-refractivity contribution is 0.268. The molecule has 55 valence electrons. The summed E-state index contributed by atoms with van der Waals surface area (Å²) in [6, 6.07) is 0. The molecule has 1 saturated heterocycles. The van der Waals surface area contributed by atoms with E-state index >= 15 is 0 Å². The first kappa shape index (κ1) is 7.59. The van der Waals surface area contributed by atoms with Gasteiger partial charge in [0.1, 0.15) is 0 Å². The molecule has 10 heavy (non-hydrogen) atoms. The molecule has 1 heterocycles. The number of nitrogens with zero attached hydrogens (tertiary/aromatic N) is 1. The van der Waals surface area contributed by atoms with E-state index in [0.717, 1.165) is 32.7 Å². The lowest BCUT2D eigenvalue weighted by atomic mass is 10.3. The molecule has 1 radical (unpaired) electrons. The average Bonchev–Trinajstić information content (AvgIpc) is 2.03. The first-order chi connectivity index (χ1) is 4.93. The largest absolute Gasteiger partial charge is 0.314 e. The van der Waals surface area contributed by atoms with Crippen molar-refractivity contribution in [1.82, 2.24) is 10.2 Å². The van der Waals surface area contributed by atoms with Crippen molar-refractivity contribution in [3.8, 4) is 11.8 Å². The van der Waals surface area contributed by atoms with Gasteiger partial charge in [-0.3, -0.25) is 4.90 Å². The molecular formula is C8H13N2. The molecule has 0 spiro atoms. The molecule has 1 fully saturated rings. The summed E-state index contributed by atoms with van der Waals surface area (Å²) in [6.45, 7) is 8.78. The monoisotopic (exact) mass is 137 g/mol. The molecule has 0 saturated carbocycles. The van der Waals surface area contributed by atoms with Gasteiger partial charge in [-0.15, -0.1) is 5.92 Å². The Morgan fingerprint density at radius 3 is 2.70 bits per heavy atom. The van der Waals surface area contributed by atoms with Crippen molar-refractivity contribution in [2.45, 2.75) is 0 Å². The van der Waals surface area contributed by atoms with E-state index < -0.39 is 0 Å². The maximum atomic E-state index is 3.47. The van der Waals surface area contributed by atoms with Crippen LogP contribution >= 0.6 is 0 Å². The third-order valence-corrected chi connectivity index (χ3v) is 1.64. The van der Waals surface area contributed by atoms with Crippen molar-refractivity contribution < 1.29 is 0 Å². The zero-order chi connectivity index (χ0) is 7.23. The molecule has 1 aliphatic heterocycles. The molecule has 0 unspecified atom stereocenters. The fourth-order valence-electron chi connectivity index (χ4n) is 1.04. The van der Waals surface area contributed by atoms with E-state index in [1.54, 1.807) is 0 Å². The second kappa shape index (κ2) is 4.32. The number of nitrogens with one attached hydrogen (secondary N) is 1. The highest BCUT2D eigenvalue weighted by atomic mass is 15.2. The molecule has 0 aromatic carbocycles. The predicted octanol–water partition coefficient (Wildman–Crippen LogP) is -0.271. The van der Waals surface area contributed by atoms with Crippen molar-refractivity contribution in [1.29, 1.82) is 0 Å². The Balaban J connectivity index is 2.17. The fourth-order valence-corrected chi connectivity index (χ4v) is 1.04. The molecule has 0 aromatic heterocycles. The lowest BCUT2D eigenvalue weighted by Gasteiger charge is -2.24. The molecule has 2 heteroatoms. The molecule has 1 N–H and O–H groups in total. The molecule has 0 aliphatic carbocycles. The highest BCUT2D eigenvalue weighted by Crippen LogP contribution is 1.88. The SMILES string of the molecule is [CH2]C#CCN1CCNCC1. The van der Waals surface area contributed by atoms with E-state index in [4.69, 9.17) is 0 Å². The normalized spacial score (nSPS) is 19.7. The van der Waals surface area contributed by atoms with Crippen LogP contribution in [0.5, 0.6) is 0 Å². The van der Waals surface area contributed by atoms with Crippen LogP contribution in [0.25, 0.3) is 0 Å². The van der Waals surface area contributed by atoms with Crippen LogP contribution in [0.3, 0.4) is 0 Å². The van der Waals surface area contributed by atoms with Crippen LogP contribution in [0, 0.1) is 18.8 Å². The maximum Gasteiger partial charge on any atom is 0.0602 e. The summed E-state index contributed by atoms with van der Waals surface area (Å²) >= 11 is 0. The summed E-state index contributed by atoms with van der Waals surface area (Å²) in [5.74, 6) is 5.61. The number of hydrogen-bond acceptors (Lipinski definition) is 2. The van der Waals surface area contributed by atoms with Crippen LogP contribution in [0.2, 0.25) is 0 Å². The Morgan fingerprint density at radius 1 is 1.40 bits per heavy atom. The average molecular weight is 137 g/mol. The van der Waals surface area contributed by atoms with Crippen LogP contribution in [0.4, 0.5) is 0 Å². The minimum atomic E-state index is 0.880. The quantitative estimate of drug-likeness (QED) is 0.500. The highest BCUT2D eigenvalue weighted by molar-refractivity contribution is 5.03. The zero-order valence-electron chi connectivity index (χ0n) is 6.19. The molecule has 2 nitrogen and oxygen atoms in total.